The molecule has 6 aromatic carbocycles. The fourth-order valence-corrected chi connectivity index (χ4v) is 9.89. The van der Waals surface area contributed by atoms with Gasteiger partial charge in [-0.25, -0.2) is 4.98 Å². The molecule has 6 heteroatoms. The number of benzene rings is 6. The van der Waals surface area contributed by atoms with Crippen LogP contribution in [0.2, 0.25) is 0 Å². The highest BCUT2D eigenvalue weighted by atomic mass is 16.5. The maximum absolute atomic E-state index is 14.8. The van der Waals surface area contributed by atoms with E-state index < -0.39 is 0 Å². The molecule has 0 atom stereocenters. The summed E-state index contributed by atoms with van der Waals surface area (Å²) in [7, 11) is 0. The van der Waals surface area contributed by atoms with Gasteiger partial charge in [0.25, 0.3) is 5.56 Å². The van der Waals surface area contributed by atoms with Gasteiger partial charge in [-0.3, -0.25) is 9.20 Å². The van der Waals surface area contributed by atoms with E-state index in [4.69, 9.17) is 18.9 Å². The molecule has 0 aliphatic rings. The van der Waals surface area contributed by atoms with Crippen LogP contribution in [0.15, 0.2) is 118 Å². The summed E-state index contributed by atoms with van der Waals surface area (Å²) in [5, 5.41) is 4.56. The maximum Gasteiger partial charge on any atom is 0.264 e. The molecule has 0 bridgehead atoms. The molecule has 0 fully saturated rings. The first-order valence-corrected chi connectivity index (χ1v) is 20.4. The number of ether oxygens (including phenoxy) is 2. The second-order valence-electron chi connectivity index (χ2n) is 20.0. The highest BCUT2D eigenvalue weighted by molar-refractivity contribution is 6.31. The third-order valence-electron chi connectivity index (χ3n) is 11.6. The summed E-state index contributed by atoms with van der Waals surface area (Å²) < 4.78 is 22.3. The Kier molecular flexibility index (Phi) is 8.49. The van der Waals surface area contributed by atoms with Gasteiger partial charge in [0.05, 0.1) is 16.4 Å². The zero-order valence-corrected chi connectivity index (χ0v) is 35.3. The third kappa shape index (κ3) is 6.53. The molecule has 58 heavy (non-hydrogen) atoms. The number of nitrogens with zero attached hydrogens (tertiary/aromatic N) is 2. The van der Waals surface area contributed by atoms with Crippen molar-refractivity contribution in [2.24, 2.45) is 10.8 Å². The Morgan fingerprint density at radius 3 is 1.71 bits per heavy atom. The molecule has 3 aromatic heterocycles. The Labute approximate surface area is 339 Å². The average Bonchev–Trinajstić information content (AvgIpc) is 3.54. The summed E-state index contributed by atoms with van der Waals surface area (Å²) in [4.78, 5) is 19.8. The summed E-state index contributed by atoms with van der Waals surface area (Å²) >= 11 is 0. The van der Waals surface area contributed by atoms with Crippen LogP contribution in [0.1, 0.15) is 93.2 Å². The first-order chi connectivity index (χ1) is 27.4. The van der Waals surface area contributed by atoms with Gasteiger partial charge >= 0.3 is 0 Å². The fraction of sp³-hybridized carbons (Fsp3) is 0.308. The molecule has 0 N–H and O–H groups in total. The van der Waals surface area contributed by atoms with Crippen molar-refractivity contribution < 1.29 is 13.9 Å². The molecule has 9 rings (SSSR count). The van der Waals surface area contributed by atoms with Crippen LogP contribution in [0.25, 0.3) is 60.2 Å². The second kappa shape index (κ2) is 13.1. The van der Waals surface area contributed by atoms with Crippen molar-refractivity contribution in [3.05, 3.63) is 131 Å². The summed E-state index contributed by atoms with van der Waals surface area (Å²) in [6, 6.07) is 36.4. The monoisotopic (exact) mass is 768 g/mol. The molecule has 6 nitrogen and oxygen atoms in total. The highest BCUT2D eigenvalue weighted by Gasteiger charge is 2.30. The van der Waals surface area contributed by atoms with E-state index in [1.165, 1.54) is 11.1 Å². The minimum Gasteiger partial charge on any atom is -0.457 e. The van der Waals surface area contributed by atoms with Gasteiger partial charge in [0.2, 0.25) is 0 Å². The zero-order valence-electron chi connectivity index (χ0n) is 35.3. The fourth-order valence-electron chi connectivity index (χ4n) is 9.89. The minimum absolute atomic E-state index is 0.0115. The molecule has 0 spiro atoms. The van der Waals surface area contributed by atoms with Gasteiger partial charge in [0, 0.05) is 26.9 Å². The molecule has 294 valence electrons. The van der Waals surface area contributed by atoms with Gasteiger partial charge in [-0.15, -0.1) is 0 Å². The van der Waals surface area contributed by atoms with E-state index in [-0.39, 0.29) is 27.2 Å². The van der Waals surface area contributed by atoms with Crippen LogP contribution in [0.3, 0.4) is 0 Å². The molecule has 0 unspecified atom stereocenters. The second-order valence-corrected chi connectivity index (χ2v) is 20.0. The molecular formula is C52H52N2O4. The lowest BCUT2D eigenvalue weighted by Gasteiger charge is -2.33. The van der Waals surface area contributed by atoms with Gasteiger partial charge in [-0.2, -0.15) is 0 Å². The molecule has 0 aliphatic heterocycles. The van der Waals surface area contributed by atoms with Crippen molar-refractivity contribution in [1.82, 2.24) is 9.38 Å². The summed E-state index contributed by atoms with van der Waals surface area (Å²) in [6.07, 6.45) is 2.08. The van der Waals surface area contributed by atoms with Crippen LogP contribution in [-0.4, -0.2) is 9.38 Å². The number of para-hydroxylation sites is 3. The quantitative estimate of drug-likeness (QED) is 0.114. The molecule has 0 saturated heterocycles. The lowest BCUT2D eigenvalue weighted by Crippen LogP contribution is -2.24. The van der Waals surface area contributed by atoms with Gasteiger partial charge in [-0.05, 0) is 100 Å². The third-order valence-corrected chi connectivity index (χ3v) is 11.6. The van der Waals surface area contributed by atoms with Gasteiger partial charge < -0.3 is 13.9 Å². The molecule has 0 amide bonds. The number of aromatic nitrogens is 2. The van der Waals surface area contributed by atoms with E-state index in [0.717, 1.165) is 50.8 Å². The van der Waals surface area contributed by atoms with Gasteiger partial charge in [-0.1, -0.05) is 124 Å². The molecule has 0 saturated carbocycles. The summed E-state index contributed by atoms with van der Waals surface area (Å²) in [5.41, 5.74) is 5.94. The predicted molar refractivity (Wildman–Crippen MR) is 240 cm³/mol. The maximum atomic E-state index is 14.8. The Hall–Kier alpha value is -5.88. The van der Waals surface area contributed by atoms with Crippen LogP contribution >= 0.6 is 0 Å². The standard InChI is InChI=1S/C52H52N2O4/c1-49(2,3)29-51(7,8)31-19-23-33(24-20-31)56-41-27-36-43-37(48(55)54-39-17-13-12-16-38(39)53-47(36)54)28-42(46-45(43)44(41)35-15-11-14-18-40(35)58-46)57-34-25-21-32(22-26-34)52(9,10)30-50(4,5)6/h11-28H,29-30H2,1-10H3. The van der Waals surface area contributed by atoms with Crippen LogP contribution in [0.4, 0.5) is 0 Å². The van der Waals surface area contributed by atoms with Crippen molar-refractivity contribution in [1.29, 1.82) is 0 Å². The SMILES string of the molecule is CC(C)(C)CC(C)(C)c1ccc(Oc2cc3c(=O)n4c5ccccc5nc4c4cc(Oc5ccc(C(C)(C)CC(C)(C)C)cc5)c5c6ccccc6oc2c5c34)cc1. The summed E-state index contributed by atoms with van der Waals surface area (Å²) in [6.45, 7) is 22.9. The Morgan fingerprint density at radius 1 is 0.569 bits per heavy atom. The van der Waals surface area contributed by atoms with Crippen molar-refractivity contribution in [2.75, 3.05) is 0 Å². The van der Waals surface area contributed by atoms with Crippen LogP contribution in [0.5, 0.6) is 23.0 Å². The van der Waals surface area contributed by atoms with Gasteiger partial charge in [0.15, 0.2) is 11.3 Å². The lowest BCUT2D eigenvalue weighted by molar-refractivity contribution is 0.283. The number of hydrogen-bond donors (Lipinski definition) is 0. The first kappa shape index (κ1) is 37.7. The number of hydrogen-bond acceptors (Lipinski definition) is 5. The molecule has 0 radical (unpaired) electrons. The van der Waals surface area contributed by atoms with Crippen molar-refractivity contribution in [3.8, 4) is 23.0 Å². The zero-order chi connectivity index (χ0) is 40.9. The van der Waals surface area contributed by atoms with Crippen LogP contribution in [-0.2, 0) is 10.8 Å². The summed E-state index contributed by atoms with van der Waals surface area (Å²) in [5.74, 6) is 2.46. The minimum atomic E-state index is -0.168. The van der Waals surface area contributed by atoms with Crippen LogP contribution in [0, 0.1) is 10.8 Å². The smallest absolute Gasteiger partial charge is 0.264 e. The molecule has 9 aromatic rings. The Balaban J connectivity index is 1.29. The van der Waals surface area contributed by atoms with Crippen LogP contribution < -0.4 is 15.0 Å². The normalized spacial score (nSPS) is 13.2. The number of pyridine rings is 1. The topological polar surface area (TPSA) is 66.0 Å². The lowest BCUT2D eigenvalue weighted by atomic mass is 9.72. The van der Waals surface area contributed by atoms with E-state index >= 15 is 0 Å². The largest absolute Gasteiger partial charge is 0.457 e. The predicted octanol–water partition coefficient (Wildman–Crippen LogP) is 14.5. The Bertz CT molecular complexity index is 3080. The average molecular weight is 769 g/mol. The number of rotatable bonds is 8. The van der Waals surface area contributed by atoms with Crippen molar-refractivity contribution >= 4 is 60.2 Å². The van der Waals surface area contributed by atoms with E-state index in [0.29, 0.717) is 45.2 Å². The van der Waals surface area contributed by atoms with E-state index in [9.17, 15) is 4.79 Å². The molecule has 3 heterocycles. The molecular weight excluding hydrogens is 717 g/mol. The van der Waals surface area contributed by atoms with E-state index in [1.807, 2.05) is 72.8 Å². The van der Waals surface area contributed by atoms with E-state index in [2.05, 4.69) is 106 Å². The number of fused-ring (bicyclic) bond motifs is 6. The van der Waals surface area contributed by atoms with Crippen molar-refractivity contribution in [2.45, 2.75) is 92.9 Å². The highest BCUT2D eigenvalue weighted by Crippen LogP contribution is 2.49. The van der Waals surface area contributed by atoms with E-state index in [1.54, 1.807) is 4.40 Å². The number of imidazole rings is 1. The van der Waals surface area contributed by atoms with Crippen molar-refractivity contribution in [3.63, 3.8) is 0 Å². The van der Waals surface area contributed by atoms with Gasteiger partial charge in [0.1, 0.15) is 28.5 Å². The molecule has 0 aliphatic carbocycles. The Morgan fingerprint density at radius 2 is 1.10 bits per heavy atom. The first-order valence-electron chi connectivity index (χ1n) is 20.4.